The Morgan fingerprint density at radius 2 is 2.20 bits per heavy atom. The molecule has 15 heavy (non-hydrogen) atoms. The average molecular weight is 206 g/mol. The predicted octanol–water partition coefficient (Wildman–Crippen LogP) is -0.177. The molecule has 1 aliphatic rings. The first kappa shape index (κ1) is 8.46. The van der Waals surface area contributed by atoms with Gasteiger partial charge in [-0.2, -0.15) is 5.10 Å². The first-order valence-electron chi connectivity index (χ1n) is 4.92. The van der Waals surface area contributed by atoms with Crippen molar-refractivity contribution in [2.75, 3.05) is 0 Å². The summed E-state index contributed by atoms with van der Waals surface area (Å²) in [4.78, 5) is 27.1. The van der Waals surface area contributed by atoms with Crippen LogP contribution in [0, 0.1) is 5.92 Å². The second kappa shape index (κ2) is 2.82. The molecule has 0 saturated heterocycles. The summed E-state index contributed by atoms with van der Waals surface area (Å²) >= 11 is 0. The number of aromatic amines is 2. The SMILES string of the molecule is O=c1[nH]c(=O)c2cn(CC3CC3)nc2[nH]1. The lowest BCUT2D eigenvalue weighted by Crippen LogP contribution is -2.21. The predicted molar refractivity (Wildman–Crippen MR) is 53.7 cm³/mol. The standard InChI is InChI=1S/C9H10N4O2/c14-8-6-4-13(3-5-1-2-5)12-7(6)10-9(15)11-8/h4-5H,1-3H2,(H2,10,11,12,14,15). The lowest BCUT2D eigenvalue weighted by Gasteiger charge is -1.95. The van der Waals surface area contributed by atoms with Gasteiger partial charge < -0.3 is 0 Å². The van der Waals surface area contributed by atoms with E-state index in [1.807, 2.05) is 0 Å². The van der Waals surface area contributed by atoms with Crippen LogP contribution in [-0.2, 0) is 6.54 Å². The highest BCUT2D eigenvalue weighted by atomic mass is 16.2. The minimum Gasteiger partial charge on any atom is -0.290 e. The molecule has 1 aliphatic carbocycles. The lowest BCUT2D eigenvalue weighted by molar-refractivity contribution is 0.567. The summed E-state index contributed by atoms with van der Waals surface area (Å²) in [7, 11) is 0. The van der Waals surface area contributed by atoms with Crippen LogP contribution < -0.4 is 11.2 Å². The average Bonchev–Trinajstić information content (AvgIpc) is 2.85. The Labute approximate surface area is 83.9 Å². The van der Waals surface area contributed by atoms with Gasteiger partial charge in [-0.15, -0.1) is 0 Å². The van der Waals surface area contributed by atoms with E-state index in [2.05, 4.69) is 15.1 Å². The Balaban J connectivity index is 2.15. The fourth-order valence-corrected chi connectivity index (χ4v) is 1.65. The van der Waals surface area contributed by atoms with Crippen LogP contribution in [0.15, 0.2) is 15.8 Å². The molecule has 6 nitrogen and oxygen atoms in total. The van der Waals surface area contributed by atoms with Crippen LogP contribution in [0.3, 0.4) is 0 Å². The highest BCUT2D eigenvalue weighted by Gasteiger charge is 2.22. The van der Waals surface area contributed by atoms with Crippen molar-refractivity contribution in [2.24, 2.45) is 5.92 Å². The first-order chi connectivity index (χ1) is 7.22. The van der Waals surface area contributed by atoms with Crippen molar-refractivity contribution in [2.45, 2.75) is 19.4 Å². The molecule has 2 heterocycles. The van der Waals surface area contributed by atoms with Gasteiger partial charge in [0.05, 0.1) is 0 Å². The number of nitrogens with one attached hydrogen (secondary N) is 2. The maximum absolute atomic E-state index is 11.4. The highest BCUT2D eigenvalue weighted by Crippen LogP contribution is 2.30. The summed E-state index contributed by atoms with van der Waals surface area (Å²) in [6, 6.07) is 0. The molecule has 2 aromatic heterocycles. The molecule has 0 spiro atoms. The summed E-state index contributed by atoms with van der Waals surface area (Å²) < 4.78 is 1.73. The van der Waals surface area contributed by atoms with Crippen molar-refractivity contribution in [3.05, 3.63) is 27.0 Å². The van der Waals surface area contributed by atoms with E-state index in [0.717, 1.165) is 6.54 Å². The molecule has 0 radical (unpaired) electrons. The fourth-order valence-electron chi connectivity index (χ4n) is 1.65. The third kappa shape index (κ3) is 1.47. The molecular formula is C9H10N4O2. The largest absolute Gasteiger partial charge is 0.327 e. The third-order valence-electron chi connectivity index (χ3n) is 2.61. The van der Waals surface area contributed by atoms with E-state index < -0.39 is 5.69 Å². The molecule has 6 heteroatoms. The van der Waals surface area contributed by atoms with Crippen LogP contribution in [0.25, 0.3) is 11.0 Å². The van der Waals surface area contributed by atoms with E-state index in [4.69, 9.17) is 0 Å². The molecule has 0 bridgehead atoms. The maximum atomic E-state index is 11.4. The molecule has 0 unspecified atom stereocenters. The van der Waals surface area contributed by atoms with Crippen molar-refractivity contribution in [3.8, 4) is 0 Å². The summed E-state index contributed by atoms with van der Waals surface area (Å²) in [5, 5.41) is 4.60. The topological polar surface area (TPSA) is 83.5 Å². The van der Waals surface area contributed by atoms with Gasteiger partial charge in [0.2, 0.25) is 0 Å². The van der Waals surface area contributed by atoms with E-state index >= 15 is 0 Å². The number of fused-ring (bicyclic) bond motifs is 1. The van der Waals surface area contributed by atoms with E-state index in [0.29, 0.717) is 17.0 Å². The number of aromatic nitrogens is 4. The van der Waals surface area contributed by atoms with Crippen LogP contribution in [0.5, 0.6) is 0 Å². The molecule has 0 amide bonds. The van der Waals surface area contributed by atoms with Crippen molar-refractivity contribution < 1.29 is 0 Å². The van der Waals surface area contributed by atoms with Crippen molar-refractivity contribution in [1.29, 1.82) is 0 Å². The molecule has 0 aromatic carbocycles. The summed E-state index contributed by atoms with van der Waals surface area (Å²) in [6.45, 7) is 0.830. The smallest absolute Gasteiger partial charge is 0.290 e. The number of hydrogen-bond donors (Lipinski definition) is 2. The molecule has 2 aromatic rings. The van der Waals surface area contributed by atoms with E-state index in [-0.39, 0.29) is 5.56 Å². The van der Waals surface area contributed by atoms with Gasteiger partial charge in [0, 0.05) is 12.7 Å². The maximum Gasteiger partial charge on any atom is 0.327 e. The minimum atomic E-state index is -0.510. The minimum absolute atomic E-state index is 0.365. The van der Waals surface area contributed by atoms with Crippen molar-refractivity contribution >= 4 is 11.0 Å². The van der Waals surface area contributed by atoms with Gasteiger partial charge in [0.1, 0.15) is 5.39 Å². The number of hydrogen-bond acceptors (Lipinski definition) is 3. The van der Waals surface area contributed by atoms with Crippen molar-refractivity contribution in [1.82, 2.24) is 19.7 Å². The van der Waals surface area contributed by atoms with E-state index in [9.17, 15) is 9.59 Å². The molecule has 0 aliphatic heterocycles. The van der Waals surface area contributed by atoms with Crippen molar-refractivity contribution in [3.63, 3.8) is 0 Å². The van der Waals surface area contributed by atoms with Gasteiger partial charge in [0.15, 0.2) is 5.65 Å². The zero-order valence-electron chi connectivity index (χ0n) is 7.99. The normalized spacial score (nSPS) is 16.0. The first-order valence-corrected chi connectivity index (χ1v) is 4.92. The summed E-state index contributed by atoms with van der Waals surface area (Å²) in [6.07, 6.45) is 4.13. The molecule has 2 N–H and O–H groups in total. The van der Waals surface area contributed by atoms with Gasteiger partial charge in [-0.05, 0) is 18.8 Å². The molecule has 3 rings (SSSR count). The van der Waals surface area contributed by atoms with Gasteiger partial charge >= 0.3 is 5.69 Å². The quantitative estimate of drug-likeness (QED) is 0.715. The van der Waals surface area contributed by atoms with Crippen LogP contribution >= 0.6 is 0 Å². The van der Waals surface area contributed by atoms with E-state index in [1.54, 1.807) is 10.9 Å². The van der Waals surface area contributed by atoms with Gasteiger partial charge in [-0.25, -0.2) is 4.79 Å². The monoisotopic (exact) mass is 206 g/mol. The fraction of sp³-hybridized carbons (Fsp3) is 0.444. The zero-order valence-corrected chi connectivity index (χ0v) is 7.99. The molecule has 78 valence electrons. The number of nitrogens with zero attached hydrogens (tertiary/aromatic N) is 2. The summed E-state index contributed by atoms with van der Waals surface area (Å²) in [5.41, 5.74) is -0.524. The third-order valence-corrected chi connectivity index (χ3v) is 2.61. The zero-order chi connectivity index (χ0) is 10.4. The highest BCUT2D eigenvalue weighted by molar-refractivity contribution is 5.71. The Morgan fingerprint density at radius 3 is 2.93 bits per heavy atom. The van der Waals surface area contributed by atoms with E-state index in [1.165, 1.54) is 12.8 Å². The Bertz CT molecular complexity index is 617. The second-order valence-electron chi connectivity index (χ2n) is 3.97. The van der Waals surface area contributed by atoms with Crippen LogP contribution in [-0.4, -0.2) is 19.7 Å². The van der Waals surface area contributed by atoms with Gasteiger partial charge in [-0.3, -0.25) is 19.4 Å². The Kier molecular flexibility index (Phi) is 1.59. The lowest BCUT2D eigenvalue weighted by atomic mass is 10.4. The van der Waals surface area contributed by atoms with Gasteiger partial charge in [-0.1, -0.05) is 0 Å². The van der Waals surface area contributed by atoms with Gasteiger partial charge in [0.25, 0.3) is 5.56 Å². The Morgan fingerprint density at radius 1 is 1.40 bits per heavy atom. The summed E-state index contributed by atoms with van der Waals surface area (Å²) in [5.74, 6) is 0.685. The molecule has 0 atom stereocenters. The van der Waals surface area contributed by atoms with Crippen LogP contribution in [0.1, 0.15) is 12.8 Å². The Hall–Kier alpha value is -1.85. The second-order valence-corrected chi connectivity index (χ2v) is 3.97. The number of rotatable bonds is 2. The molecular weight excluding hydrogens is 196 g/mol. The van der Waals surface area contributed by atoms with Crippen LogP contribution in [0.4, 0.5) is 0 Å². The molecule has 1 fully saturated rings. The molecule has 1 saturated carbocycles. The number of H-pyrrole nitrogens is 2. The van der Waals surface area contributed by atoms with Crippen LogP contribution in [0.2, 0.25) is 0 Å².